The summed E-state index contributed by atoms with van der Waals surface area (Å²) in [6.45, 7) is 1.02. The van der Waals surface area contributed by atoms with Gasteiger partial charge >= 0.3 is 0 Å². The fraction of sp³-hybridized carbons (Fsp3) is 0.389. The first kappa shape index (κ1) is 19.5. The number of methoxy groups -OCH3 is 1. The Morgan fingerprint density at radius 2 is 2.00 bits per heavy atom. The third-order valence-electron chi connectivity index (χ3n) is 4.09. The fourth-order valence-corrected chi connectivity index (χ4v) is 3.20. The molecule has 1 aromatic carbocycles. The van der Waals surface area contributed by atoms with Gasteiger partial charge in [0.2, 0.25) is 11.8 Å². The smallest absolute Gasteiger partial charge is 0.260 e. The van der Waals surface area contributed by atoms with Gasteiger partial charge < -0.3 is 19.1 Å². The third-order valence-corrected chi connectivity index (χ3v) is 4.62. The standard InChI is InChI=1S/C18H19Cl2N3O4/c1-25-16-6-7-17(22-21-16)27-13-3-2-8-23(10-13)18(24)11-26-15-5-4-12(19)9-14(15)20/h4-7,9,13H,2-3,8,10-11H2,1H3. The number of aromatic nitrogens is 2. The van der Waals surface area contributed by atoms with Gasteiger partial charge in [0.15, 0.2) is 6.61 Å². The maximum absolute atomic E-state index is 12.5. The topological polar surface area (TPSA) is 73.8 Å². The SMILES string of the molecule is COc1ccc(OC2CCCN(C(=O)COc3ccc(Cl)cc3Cl)C2)nn1. The molecule has 27 heavy (non-hydrogen) atoms. The maximum atomic E-state index is 12.5. The Morgan fingerprint density at radius 1 is 1.22 bits per heavy atom. The summed E-state index contributed by atoms with van der Waals surface area (Å²) in [5.41, 5.74) is 0. The summed E-state index contributed by atoms with van der Waals surface area (Å²) in [7, 11) is 1.52. The summed E-state index contributed by atoms with van der Waals surface area (Å²) >= 11 is 11.9. The summed E-state index contributed by atoms with van der Waals surface area (Å²) in [5, 5.41) is 8.71. The van der Waals surface area contributed by atoms with E-state index in [1.54, 1.807) is 35.2 Å². The highest BCUT2D eigenvalue weighted by Crippen LogP contribution is 2.27. The van der Waals surface area contributed by atoms with E-state index in [-0.39, 0.29) is 18.6 Å². The molecular weight excluding hydrogens is 393 g/mol. The fourth-order valence-electron chi connectivity index (χ4n) is 2.73. The summed E-state index contributed by atoms with van der Waals surface area (Å²) in [4.78, 5) is 14.2. The van der Waals surface area contributed by atoms with E-state index in [2.05, 4.69) is 10.2 Å². The van der Waals surface area contributed by atoms with Crippen LogP contribution < -0.4 is 14.2 Å². The van der Waals surface area contributed by atoms with Crippen molar-refractivity contribution in [3.8, 4) is 17.5 Å². The summed E-state index contributed by atoms with van der Waals surface area (Å²) in [5.74, 6) is 1.11. The Hall–Kier alpha value is -2.25. The number of hydrogen-bond donors (Lipinski definition) is 0. The van der Waals surface area contributed by atoms with Crippen molar-refractivity contribution in [2.24, 2.45) is 0 Å². The second-order valence-electron chi connectivity index (χ2n) is 6.00. The Bertz CT molecular complexity index is 789. The van der Waals surface area contributed by atoms with E-state index in [0.29, 0.717) is 40.6 Å². The number of halogens is 2. The van der Waals surface area contributed by atoms with Gasteiger partial charge in [0.25, 0.3) is 5.91 Å². The van der Waals surface area contributed by atoms with Crippen molar-refractivity contribution in [1.82, 2.24) is 15.1 Å². The quantitative estimate of drug-likeness (QED) is 0.726. The van der Waals surface area contributed by atoms with Crippen molar-refractivity contribution >= 4 is 29.1 Å². The van der Waals surface area contributed by atoms with Gasteiger partial charge in [-0.25, -0.2) is 0 Å². The van der Waals surface area contributed by atoms with Crippen molar-refractivity contribution in [2.75, 3.05) is 26.8 Å². The van der Waals surface area contributed by atoms with Crippen LogP contribution in [0.5, 0.6) is 17.5 Å². The molecule has 3 rings (SSSR count). The van der Waals surface area contributed by atoms with E-state index in [1.165, 1.54) is 7.11 Å². The van der Waals surface area contributed by atoms with E-state index in [0.717, 1.165) is 12.8 Å². The molecule has 9 heteroatoms. The average molecular weight is 412 g/mol. The van der Waals surface area contributed by atoms with E-state index >= 15 is 0 Å². The molecule has 0 aliphatic carbocycles. The number of carbonyl (C=O) groups is 1. The molecule has 1 aliphatic heterocycles. The number of benzene rings is 1. The van der Waals surface area contributed by atoms with E-state index in [4.69, 9.17) is 37.4 Å². The number of amides is 1. The molecule has 2 aromatic rings. The van der Waals surface area contributed by atoms with Crippen LogP contribution in [0.4, 0.5) is 0 Å². The van der Waals surface area contributed by atoms with Crippen LogP contribution >= 0.6 is 23.2 Å². The van der Waals surface area contributed by atoms with Gasteiger partial charge in [-0.05, 0) is 31.0 Å². The Labute approximate surface area is 167 Å². The Morgan fingerprint density at radius 3 is 2.70 bits per heavy atom. The lowest BCUT2D eigenvalue weighted by atomic mass is 10.1. The minimum Gasteiger partial charge on any atom is -0.482 e. The van der Waals surface area contributed by atoms with Crippen molar-refractivity contribution in [3.63, 3.8) is 0 Å². The highest BCUT2D eigenvalue weighted by atomic mass is 35.5. The number of likely N-dealkylation sites (tertiary alicyclic amines) is 1. The molecule has 1 saturated heterocycles. The maximum Gasteiger partial charge on any atom is 0.260 e. The van der Waals surface area contributed by atoms with Crippen LogP contribution in [0.1, 0.15) is 12.8 Å². The molecule has 1 atom stereocenters. The molecule has 0 radical (unpaired) electrons. The zero-order valence-corrected chi connectivity index (χ0v) is 16.2. The van der Waals surface area contributed by atoms with Crippen LogP contribution in [0.3, 0.4) is 0 Å². The normalized spacial score (nSPS) is 16.7. The first-order valence-electron chi connectivity index (χ1n) is 8.45. The van der Waals surface area contributed by atoms with E-state index in [9.17, 15) is 4.79 Å². The van der Waals surface area contributed by atoms with Crippen LogP contribution in [0, 0.1) is 0 Å². The Kier molecular flexibility index (Phi) is 6.58. The first-order chi connectivity index (χ1) is 13.0. The second-order valence-corrected chi connectivity index (χ2v) is 6.84. The number of hydrogen-bond acceptors (Lipinski definition) is 6. The van der Waals surface area contributed by atoms with Gasteiger partial charge in [-0.15, -0.1) is 10.2 Å². The molecule has 0 N–H and O–H groups in total. The Balaban J connectivity index is 1.52. The van der Waals surface area contributed by atoms with Gasteiger partial charge in [-0.2, -0.15) is 0 Å². The molecule has 0 spiro atoms. The molecule has 1 aromatic heterocycles. The van der Waals surface area contributed by atoms with Crippen molar-refractivity contribution < 1.29 is 19.0 Å². The zero-order valence-electron chi connectivity index (χ0n) is 14.7. The van der Waals surface area contributed by atoms with Crippen molar-refractivity contribution in [1.29, 1.82) is 0 Å². The molecule has 1 amide bonds. The monoisotopic (exact) mass is 411 g/mol. The molecule has 1 unspecified atom stereocenters. The van der Waals surface area contributed by atoms with Crippen LogP contribution in [-0.4, -0.2) is 53.9 Å². The summed E-state index contributed by atoms with van der Waals surface area (Å²) < 4.78 is 16.3. The number of ether oxygens (including phenoxy) is 3. The third kappa shape index (κ3) is 5.37. The molecule has 1 fully saturated rings. The highest BCUT2D eigenvalue weighted by Gasteiger charge is 2.25. The number of piperidine rings is 1. The first-order valence-corrected chi connectivity index (χ1v) is 9.21. The van der Waals surface area contributed by atoms with Gasteiger partial charge in [-0.3, -0.25) is 4.79 Å². The largest absolute Gasteiger partial charge is 0.482 e. The van der Waals surface area contributed by atoms with Crippen molar-refractivity contribution in [2.45, 2.75) is 18.9 Å². The molecule has 0 bridgehead atoms. The van der Waals surface area contributed by atoms with Crippen LogP contribution in [0.2, 0.25) is 10.0 Å². The van der Waals surface area contributed by atoms with Crippen LogP contribution in [-0.2, 0) is 4.79 Å². The van der Waals surface area contributed by atoms with Gasteiger partial charge in [-0.1, -0.05) is 23.2 Å². The van der Waals surface area contributed by atoms with Gasteiger partial charge in [0, 0.05) is 23.7 Å². The number of rotatable bonds is 6. The lowest BCUT2D eigenvalue weighted by Crippen LogP contribution is -2.46. The number of carbonyl (C=O) groups excluding carboxylic acids is 1. The molecule has 7 nitrogen and oxygen atoms in total. The number of nitrogens with zero attached hydrogens (tertiary/aromatic N) is 3. The summed E-state index contributed by atoms with van der Waals surface area (Å²) in [6, 6.07) is 8.25. The lowest BCUT2D eigenvalue weighted by Gasteiger charge is -2.32. The van der Waals surface area contributed by atoms with Crippen LogP contribution in [0.15, 0.2) is 30.3 Å². The minimum atomic E-state index is -0.149. The van der Waals surface area contributed by atoms with Crippen molar-refractivity contribution in [3.05, 3.63) is 40.4 Å². The molecule has 144 valence electrons. The highest BCUT2D eigenvalue weighted by molar-refractivity contribution is 6.35. The van der Waals surface area contributed by atoms with Gasteiger partial charge in [0.05, 0.1) is 18.7 Å². The molecule has 2 heterocycles. The van der Waals surface area contributed by atoms with E-state index < -0.39 is 0 Å². The average Bonchev–Trinajstić information content (AvgIpc) is 2.68. The molecule has 1 aliphatic rings. The zero-order chi connectivity index (χ0) is 19.2. The minimum absolute atomic E-state index is 0.101. The predicted octanol–water partition coefficient (Wildman–Crippen LogP) is 3.24. The van der Waals surface area contributed by atoms with E-state index in [1.807, 2.05) is 0 Å². The van der Waals surface area contributed by atoms with Crippen LogP contribution in [0.25, 0.3) is 0 Å². The molecular formula is C18H19Cl2N3O4. The second kappa shape index (κ2) is 9.10. The lowest BCUT2D eigenvalue weighted by molar-refractivity contribution is -0.136. The summed E-state index contributed by atoms with van der Waals surface area (Å²) in [6.07, 6.45) is 1.52. The predicted molar refractivity (Wildman–Crippen MR) is 101 cm³/mol. The molecule has 0 saturated carbocycles. The van der Waals surface area contributed by atoms with Gasteiger partial charge in [0.1, 0.15) is 11.9 Å².